The van der Waals surface area contributed by atoms with Gasteiger partial charge in [0.25, 0.3) is 5.92 Å². The lowest BCUT2D eigenvalue weighted by Crippen LogP contribution is -2.45. The Kier molecular flexibility index (Phi) is 3.90. The minimum atomic E-state index is -2.88. The third kappa shape index (κ3) is 3.04. The Hall–Kier alpha value is -1.40. The highest BCUT2D eigenvalue weighted by molar-refractivity contribution is 5.80. The highest BCUT2D eigenvalue weighted by Crippen LogP contribution is 2.44. The maximum absolute atomic E-state index is 13.3. The molecule has 1 amide bonds. The van der Waals surface area contributed by atoms with Crippen molar-refractivity contribution in [3.05, 3.63) is 0 Å². The average molecular weight is 251 g/mol. The molecule has 0 aromatic carbocycles. The third-order valence-electron chi connectivity index (χ3n) is 3.11. The summed E-state index contributed by atoms with van der Waals surface area (Å²) in [4.78, 5) is 21.9. The van der Waals surface area contributed by atoms with E-state index in [-0.39, 0.29) is 6.42 Å². The van der Waals surface area contributed by atoms with Crippen molar-refractivity contribution >= 4 is 12.1 Å². The SMILES string of the molecule is COC(=O)NC(C(=O)O)C1CC(C)C(F)(F)C1. The molecule has 0 heterocycles. The zero-order valence-corrected chi connectivity index (χ0v) is 9.57. The van der Waals surface area contributed by atoms with Crippen LogP contribution < -0.4 is 5.32 Å². The second kappa shape index (κ2) is 4.85. The van der Waals surface area contributed by atoms with Gasteiger partial charge in [0, 0.05) is 12.3 Å². The van der Waals surface area contributed by atoms with Crippen LogP contribution >= 0.6 is 0 Å². The molecule has 0 bridgehead atoms. The molecule has 1 aliphatic rings. The van der Waals surface area contributed by atoms with Crippen LogP contribution in [0.25, 0.3) is 0 Å². The van der Waals surface area contributed by atoms with Crippen molar-refractivity contribution in [1.82, 2.24) is 5.32 Å². The quantitative estimate of drug-likeness (QED) is 0.796. The number of rotatable bonds is 3. The number of alkyl carbamates (subject to hydrolysis) is 1. The summed E-state index contributed by atoms with van der Waals surface area (Å²) in [6.07, 6.45) is -1.40. The fraction of sp³-hybridized carbons (Fsp3) is 0.800. The summed E-state index contributed by atoms with van der Waals surface area (Å²) in [6.45, 7) is 1.37. The number of nitrogens with one attached hydrogen (secondary N) is 1. The monoisotopic (exact) mass is 251 g/mol. The molecule has 2 N–H and O–H groups in total. The molecule has 0 spiro atoms. The normalized spacial score (nSPS) is 28.5. The number of aliphatic carboxylic acids is 1. The first kappa shape index (κ1) is 13.7. The first-order valence-corrected chi connectivity index (χ1v) is 5.23. The second-order valence-corrected chi connectivity index (χ2v) is 4.31. The van der Waals surface area contributed by atoms with Gasteiger partial charge < -0.3 is 15.2 Å². The first-order valence-electron chi connectivity index (χ1n) is 5.23. The van der Waals surface area contributed by atoms with E-state index in [1.165, 1.54) is 6.92 Å². The van der Waals surface area contributed by atoms with Crippen LogP contribution in [0.5, 0.6) is 0 Å². The summed E-state index contributed by atoms with van der Waals surface area (Å²) in [5.74, 6) is -5.87. The lowest BCUT2D eigenvalue weighted by atomic mass is 9.97. The number of hydrogen-bond acceptors (Lipinski definition) is 3. The van der Waals surface area contributed by atoms with Crippen LogP contribution in [-0.2, 0) is 9.53 Å². The standard InChI is InChI=1S/C10H15F2NO4/c1-5-3-6(4-10(5,11)12)7(8(14)15)13-9(16)17-2/h5-7H,3-4H2,1-2H3,(H,13,16)(H,14,15). The fourth-order valence-electron chi connectivity index (χ4n) is 2.08. The van der Waals surface area contributed by atoms with Crippen molar-refractivity contribution in [2.45, 2.75) is 31.7 Å². The number of hydrogen-bond donors (Lipinski definition) is 2. The van der Waals surface area contributed by atoms with Crippen molar-refractivity contribution in [1.29, 1.82) is 0 Å². The number of carboxylic acids is 1. The molecule has 1 aliphatic carbocycles. The van der Waals surface area contributed by atoms with Crippen LogP contribution in [0.2, 0.25) is 0 Å². The molecule has 0 saturated heterocycles. The van der Waals surface area contributed by atoms with E-state index in [9.17, 15) is 18.4 Å². The van der Waals surface area contributed by atoms with Crippen molar-refractivity contribution in [2.75, 3.05) is 7.11 Å². The smallest absolute Gasteiger partial charge is 0.407 e. The van der Waals surface area contributed by atoms with Crippen LogP contribution in [0.3, 0.4) is 0 Å². The molecule has 1 rings (SSSR count). The van der Waals surface area contributed by atoms with E-state index >= 15 is 0 Å². The third-order valence-corrected chi connectivity index (χ3v) is 3.11. The summed E-state index contributed by atoms with van der Waals surface area (Å²) in [5, 5.41) is 11.0. The number of halogens is 2. The Morgan fingerprint density at radius 2 is 2.12 bits per heavy atom. The van der Waals surface area contributed by atoms with E-state index in [1.54, 1.807) is 0 Å². The summed E-state index contributed by atoms with van der Waals surface area (Å²) in [5.41, 5.74) is 0. The van der Waals surface area contributed by atoms with E-state index in [1.807, 2.05) is 0 Å². The number of carboxylic acid groups (broad SMARTS) is 1. The highest BCUT2D eigenvalue weighted by Gasteiger charge is 2.50. The lowest BCUT2D eigenvalue weighted by molar-refractivity contribution is -0.141. The zero-order chi connectivity index (χ0) is 13.2. The molecule has 0 aromatic rings. The number of carbonyl (C=O) groups is 2. The number of amides is 1. The Balaban J connectivity index is 2.74. The second-order valence-electron chi connectivity index (χ2n) is 4.31. The first-order chi connectivity index (χ1) is 7.77. The van der Waals surface area contributed by atoms with Gasteiger partial charge in [-0.3, -0.25) is 0 Å². The molecule has 0 radical (unpaired) electrons. The van der Waals surface area contributed by atoms with Gasteiger partial charge in [-0.15, -0.1) is 0 Å². The summed E-state index contributed by atoms with van der Waals surface area (Å²) in [7, 11) is 1.08. The molecule has 7 heteroatoms. The Morgan fingerprint density at radius 1 is 1.53 bits per heavy atom. The molecular weight excluding hydrogens is 236 g/mol. The lowest BCUT2D eigenvalue weighted by Gasteiger charge is -2.19. The maximum atomic E-state index is 13.3. The van der Waals surface area contributed by atoms with Crippen molar-refractivity contribution in [3.8, 4) is 0 Å². The van der Waals surface area contributed by atoms with Crippen LogP contribution in [0.15, 0.2) is 0 Å². The number of ether oxygens (including phenoxy) is 1. The Morgan fingerprint density at radius 3 is 2.47 bits per heavy atom. The van der Waals surface area contributed by atoms with Crippen LogP contribution in [-0.4, -0.2) is 36.2 Å². The van der Waals surface area contributed by atoms with Crippen LogP contribution in [0.4, 0.5) is 13.6 Å². The Labute approximate surface area is 97.1 Å². The minimum absolute atomic E-state index is 0.0635. The van der Waals surface area contributed by atoms with E-state index in [2.05, 4.69) is 10.1 Å². The van der Waals surface area contributed by atoms with Crippen LogP contribution in [0.1, 0.15) is 19.8 Å². The van der Waals surface area contributed by atoms with E-state index in [4.69, 9.17) is 5.11 Å². The van der Waals surface area contributed by atoms with Gasteiger partial charge in [-0.2, -0.15) is 0 Å². The van der Waals surface area contributed by atoms with Gasteiger partial charge in [-0.25, -0.2) is 18.4 Å². The van der Waals surface area contributed by atoms with Crippen LogP contribution in [0, 0.1) is 11.8 Å². The largest absolute Gasteiger partial charge is 0.480 e. The molecule has 1 saturated carbocycles. The summed E-state index contributed by atoms with van der Waals surface area (Å²) >= 11 is 0. The Bertz CT molecular complexity index is 321. The number of methoxy groups -OCH3 is 1. The van der Waals surface area contributed by atoms with Gasteiger partial charge in [-0.05, 0) is 12.3 Å². The number of alkyl halides is 2. The summed E-state index contributed by atoms with van der Waals surface area (Å²) < 4.78 is 30.9. The van der Waals surface area contributed by atoms with E-state index < -0.39 is 42.3 Å². The minimum Gasteiger partial charge on any atom is -0.480 e. The highest BCUT2D eigenvalue weighted by atomic mass is 19.3. The molecular formula is C10H15F2NO4. The van der Waals surface area contributed by atoms with E-state index in [0.717, 1.165) is 7.11 Å². The summed E-state index contributed by atoms with van der Waals surface area (Å²) in [6, 6.07) is -1.33. The fourth-order valence-corrected chi connectivity index (χ4v) is 2.08. The van der Waals surface area contributed by atoms with Gasteiger partial charge >= 0.3 is 12.1 Å². The zero-order valence-electron chi connectivity index (χ0n) is 9.57. The molecule has 1 fully saturated rings. The van der Waals surface area contributed by atoms with Crippen molar-refractivity contribution in [3.63, 3.8) is 0 Å². The molecule has 5 nitrogen and oxygen atoms in total. The average Bonchev–Trinajstić information content (AvgIpc) is 2.48. The van der Waals surface area contributed by atoms with Gasteiger partial charge in [0.15, 0.2) is 0 Å². The molecule has 17 heavy (non-hydrogen) atoms. The maximum Gasteiger partial charge on any atom is 0.407 e. The molecule has 3 atom stereocenters. The van der Waals surface area contributed by atoms with Gasteiger partial charge in [0.2, 0.25) is 0 Å². The molecule has 0 aliphatic heterocycles. The van der Waals surface area contributed by atoms with E-state index in [0.29, 0.717) is 0 Å². The van der Waals surface area contributed by atoms with Crippen molar-refractivity contribution in [2.24, 2.45) is 11.8 Å². The van der Waals surface area contributed by atoms with Crippen molar-refractivity contribution < 1.29 is 28.2 Å². The topological polar surface area (TPSA) is 75.6 Å². The molecule has 98 valence electrons. The van der Waals surface area contributed by atoms with Gasteiger partial charge in [-0.1, -0.05) is 6.92 Å². The molecule has 0 aromatic heterocycles. The predicted molar refractivity (Wildman–Crippen MR) is 53.8 cm³/mol. The van der Waals surface area contributed by atoms with Gasteiger partial charge in [0.05, 0.1) is 7.11 Å². The number of carbonyl (C=O) groups excluding carboxylic acids is 1. The molecule has 3 unspecified atom stereocenters. The predicted octanol–water partition coefficient (Wildman–Crippen LogP) is 1.48. The van der Waals surface area contributed by atoms with Gasteiger partial charge in [0.1, 0.15) is 6.04 Å².